The smallest absolute Gasteiger partial charge is 0.131 e. The molecule has 0 radical (unpaired) electrons. The summed E-state index contributed by atoms with van der Waals surface area (Å²) in [5, 5.41) is 8.07. The van der Waals surface area contributed by atoms with Gasteiger partial charge >= 0.3 is 0 Å². The molecule has 0 aliphatic heterocycles. The maximum Gasteiger partial charge on any atom is 0.131 e. The number of hydrogen-bond acceptors (Lipinski definition) is 4. The van der Waals surface area contributed by atoms with Gasteiger partial charge in [-0.3, -0.25) is 4.68 Å². The first-order chi connectivity index (χ1) is 8.76. The van der Waals surface area contributed by atoms with E-state index in [1.54, 1.807) is 7.11 Å². The van der Waals surface area contributed by atoms with Crippen LogP contribution in [0.15, 0.2) is 0 Å². The topological polar surface area (TPSA) is 42.3 Å². The Morgan fingerprint density at radius 2 is 2.00 bits per heavy atom. The predicted molar refractivity (Wildman–Crippen MR) is 79.7 cm³/mol. The predicted octanol–water partition coefficient (Wildman–Crippen LogP) is 1.70. The lowest BCUT2D eigenvalue weighted by atomic mass is 10.1. The van der Waals surface area contributed by atoms with Gasteiger partial charge in [-0.1, -0.05) is 0 Å². The fourth-order valence-corrected chi connectivity index (χ4v) is 2.06. The molecule has 0 bridgehead atoms. The summed E-state index contributed by atoms with van der Waals surface area (Å²) in [7, 11) is 5.80. The summed E-state index contributed by atoms with van der Waals surface area (Å²) >= 11 is 0. The van der Waals surface area contributed by atoms with Gasteiger partial charge < -0.3 is 15.0 Å². The van der Waals surface area contributed by atoms with Crippen LogP contribution in [0.1, 0.15) is 32.0 Å². The third-order valence-electron chi connectivity index (χ3n) is 3.10. The molecule has 0 aromatic carbocycles. The van der Waals surface area contributed by atoms with Crippen molar-refractivity contribution in [1.29, 1.82) is 0 Å². The minimum atomic E-state index is 0.102. The van der Waals surface area contributed by atoms with Gasteiger partial charge in [-0.2, -0.15) is 5.10 Å². The van der Waals surface area contributed by atoms with Crippen molar-refractivity contribution in [1.82, 2.24) is 15.1 Å². The Bertz CT molecular complexity index is 406. The van der Waals surface area contributed by atoms with Crippen molar-refractivity contribution in [2.75, 3.05) is 32.2 Å². The lowest BCUT2D eigenvalue weighted by Gasteiger charge is -2.24. The Morgan fingerprint density at radius 3 is 2.53 bits per heavy atom. The number of aromatic nitrogens is 2. The Labute approximate surface area is 116 Å². The number of anilines is 1. The van der Waals surface area contributed by atoms with E-state index in [-0.39, 0.29) is 5.54 Å². The molecule has 0 spiro atoms. The highest BCUT2D eigenvalue weighted by molar-refractivity contribution is 5.49. The maximum absolute atomic E-state index is 5.15. The zero-order valence-electron chi connectivity index (χ0n) is 13.4. The lowest BCUT2D eigenvalue weighted by Crippen LogP contribution is -2.36. The molecule has 1 heterocycles. The van der Waals surface area contributed by atoms with E-state index in [4.69, 9.17) is 4.74 Å². The van der Waals surface area contributed by atoms with E-state index in [1.807, 2.05) is 11.7 Å². The van der Waals surface area contributed by atoms with Crippen LogP contribution >= 0.6 is 0 Å². The summed E-state index contributed by atoms with van der Waals surface area (Å²) in [6, 6.07) is 0. The summed E-state index contributed by atoms with van der Waals surface area (Å²) in [4.78, 5) is 2.20. The highest BCUT2D eigenvalue weighted by Crippen LogP contribution is 2.22. The second-order valence-electron chi connectivity index (χ2n) is 6.03. The van der Waals surface area contributed by atoms with Crippen LogP contribution in [-0.4, -0.2) is 42.6 Å². The Balaban J connectivity index is 2.90. The molecule has 5 heteroatoms. The van der Waals surface area contributed by atoms with Crippen LogP contribution < -0.4 is 10.2 Å². The Kier molecular flexibility index (Phi) is 5.38. The molecule has 0 fully saturated rings. The Hall–Kier alpha value is -1.07. The molecule has 0 unspecified atom stereocenters. The molecule has 110 valence electrons. The SMILES string of the molecule is COCCN(C)c1c(CNC(C)(C)C)c(C)nn1C. The van der Waals surface area contributed by atoms with Crippen molar-refractivity contribution < 1.29 is 4.74 Å². The molecule has 19 heavy (non-hydrogen) atoms. The normalized spacial score (nSPS) is 11.9. The average Bonchev–Trinajstić information content (AvgIpc) is 2.57. The van der Waals surface area contributed by atoms with Gasteiger partial charge in [0.05, 0.1) is 12.3 Å². The molecule has 1 aromatic heterocycles. The number of methoxy groups -OCH3 is 1. The minimum absolute atomic E-state index is 0.102. The fraction of sp³-hybridized carbons (Fsp3) is 0.786. The van der Waals surface area contributed by atoms with Crippen LogP contribution in [0.3, 0.4) is 0 Å². The van der Waals surface area contributed by atoms with Crippen LogP contribution in [0, 0.1) is 6.92 Å². The highest BCUT2D eigenvalue weighted by atomic mass is 16.5. The second kappa shape index (κ2) is 6.39. The van der Waals surface area contributed by atoms with E-state index < -0.39 is 0 Å². The molecule has 1 N–H and O–H groups in total. The number of likely N-dealkylation sites (N-methyl/N-ethyl adjacent to an activating group) is 1. The molecule has 1 aromatic rings. The highest BCUT2D eigenvalue weighted by Gasteiger charge is 2.18. The summed E-state index contributed by atoms with van der Waals surface area (Å²) < 4.78 is 7.10. The van der Waals surface area contributed by atoms with E-state index in [1.165, 1.54) is 5.56 Å². The first-order valence-corrected chi connectivity index (χ1v) is 6.74. The molecule has 0 atom stereocenters. The van der Waals surface area contributed by atoms with Crippen LogP contribution in [0.25, 0.3) is 0 Å². The summed E-state index contributed by atoms with van der Waals surface area (Å²) in [5.74, 6) is 1.16. The van der Waals surface area contributed by atoms with E-state index in [2.05, 4.69) is 50.1 Å². The lowest BCUT2D eigenvalue weighted by molar-refractivity contribution is 0.206. The molecular weight excluding hydrogens is 240 g/mol. The van der Waals surface area contributed by atoms with Crippen LogP contribution in [0.4, 0.5) is 5.82 Å². The number of rotatable bonds is 6. The third-order valence-corrected chi connectivity index (χ3v) is 3.10. The van der Waals surface area contributed by atoms with Gasteiger partial charge in [-0.05, 0) is 27.7 Å². The molecule has 0 amide bonds. The second-order valence-corrected chi connectivity index (χ2v) is 6.03. The van der Waals surface area contributed by atoms with Crippen molar-refractivity contribution in [3.8, 4) is 0 Å². The molecular formula is C14H28N4O. The quantitative estimate of drug-likeness (QED) is 0.853. The maximum atomic E-state index is 5.15. The van der Waals surface area contributed by atoms with Gasteiger partial charge in [0.1, 0.15) is 5.82 Å². The Morgan fingerprint density at radius 1 is 1.37 bits per heavy atom. The van der Waals surface area contributed by atoms with E-state index >= 15 is 0 Å². The number of nitrogens with zero attached hydrogens (tertiary/aromatic N) is 3. The van der Waals surface area contributed by atoms with Gasteiger partial charge in [0.25, 0.3) is 0 Å². The number of aryl methyl sites for hydroxylation is 2. The molecule has 0 saturated carbocycles. The molecule has 0 aliphatic rings. The van der Waals surface area contributed by atoms with Gasteiger partial charge in [0, 0.05) is 45.4 Å². The van der Waals surface area contributed by atoms with Crippen molar-refractivity contribution in [2.45, 2.75) is 39.8 Å². The average molecular weight is 268 g/mol. The van der Waals surface area contributed by atoms with E-state index in [0.717, 1.165) is 24.6 Å². The van der Waals surface area contributed by atoms with Gasteiger partial charge in [0.15, 0.2) is 0 Å². The van der Waals surface area contributed by atoms with Gasteiger partial charge in [-0.25, -0.2) is 0 Å². The summed E-state index contributed by atoms with van der Waals surface area (Å²) in [5.41, 5.74) is 2.44. The van der Waals surface area contributed by atoms with Crippen LogP contribution in [0.2, 0.25) is 0 Å². The zero-order chi connectivity index (χ0) is 14.6. The van der Waals surface area contributed by atoms with E-state index in [9.17, 15) is 0 Å². The fourth-order valence-electron chi connectivity index (χ4n) is 2.06. The molecule has 0 saturated heterocycles. The third kappa shape index (κ3) is 4.51. The number of nitrogens with one attached hydrogen (secondary N) is 1. The monoisotopic (exact) mass is 268 g/mol. The molecule has 5 nitrogen and oxygen atoms in total. The largest absolute Gasteiger partial charge is 0.383 e. The first-order valence-electron chi connectivity index (χ1n) is 6.74. The van der Waals surface area contributed by atoms with Gasteiger partial charge in [0.2, 0.25) is 0 Å². The number of hydrogen-bond donors (Lipinski definition) is 1. The van der Waals surface area contributed by atoms with Crippen molar-refractivity contribution in [2.24, 2.45) is 7.05 Å². The van der Waals surface area contributed by atoms with E-state index in [0.29, 0.717) is 6.61 Å². The van der Waals surface area contributed by atoms with Crippen molar-refractivity contribution >= 4 is 5.82 Å². The van der Waals surface area contributed by atoms with Crippen molar-refractivity contribution in [3.05, 3.63) is 11.3 Å². The van der Waals surface area contributed by atoms with Gasteiger partial charge in [-0.15, -0.1) is 0 Å². The molecule has 1 rings (SSSR count). The van der Waals surface area contributed by atoms with Crippen molar-refractivity contribution in [3.63, 3.8) is 0 Å². The minimum Gasteiger partial charge on any atom is -0.383 e. The van der Waals surface area contributed by atoms with Crippen LogP contribution in [0.5, 0.6) is 0 Å². The molecule has 0 aliphatic carbocycles. The summed E-state index contributed by atoms with van der Waals surface area (Å²) in [6.07, 6.45) is 0. The van der Waals surface area contributed by atoms with Crippen LogP contribution in [-0.2, 0) is 18.3 Å². The standard InChI is InChI=1S/C14H28N4O/c1-11-12(10-15-14(2,3)4)13(18(6)16-11)17(5)8-9-19-7/h15H,8-10H2,1-7H3. The zero-order valence-corrected chi connectivity index (χ0v) is 13.4. The summed E-state index contributed by atoms with van der Waals surface area (Å²) in [6.45, 7) is 11.0. The first kappa shape index (κ1) is 16.0. The number of ether oxygens (including phenoxy) is 1.